The highest BCUT2D eigenvalue weighted by molar-refractivity contribution is 5.53. The molecular formula is C17H27N3O. The van der Waals surface area contributed by atoms with Crippen molar-refractivity contribution in [3.8, 4) is 0 Å². The minimum absolute atomic E-state index is 0.390. The van der Waals surface area contributed by atoms with E-state index in [-0.39, 0.29) is 0 Å². The third kappa shape index (κ3) is 4.11. The highest BCUT2D eigenvalue weighted by atomic mass is 16.5. The van der Waals surface area contributed by atoms with Crippen LogP contribution in [-0.2, 0) is 4.74 Å². The Balaban J connectivity index is 1.35. The van der Waals surface area contributed by atoms with Crippen LogP contribution in [0, 0.1) is 0 Å². The summed E-state index contributed by atoms with van der Waals surface area (Å²) in [4.78, 5) is 4.95. The number of benzene rings is 1. The van der Waals surface area contributed by atoms with Gasteiger partial charge in [-0.05, 0) is 63.0 Å². The van der Waals surface area contributed by atoms with Gasteiger partial charge in [-0.15, -0.1) is 0 Å². The molecule has 1 aromatic carbocycles. The van der Waals surface area contributed by atoms with Gasteiger partial charge in [-0.3, -0.25) is 0 Å². The molecule has 1 unspecified atom stereocenters. The molecule has 4 heteroatoms. The molecule has 4 nitrogen and oxygen atoms in total. The van der Waals surface area contributed by atoms with E-state index < -0.39 is 0 Å². The fourth-order valence-corrected chi connectivity index (χ4v) is 3.33. The quantitative estimate of drug-likeness (QED) is 0.645. The van der Waals surface area contributed by atoms with Gasteiger partial charge in [0.15, 0.2) is 0 Å². The van der Waals surface area contributed by atoms with Crippen molar-refractivity contribution in [1.82, 2.24) is 4.90 Å². The monoisotopic (exact) mass is 289 g/mol. The maximum atomic E-state index is 6.05. The molecule has 2 heterocycles. The Labute approximate surface area is 127 Å². The van der Waals surface area contributed by atoms with Crippen molar-refractivity contribution in [2.75, 3.05) is 50.0 Å². The number of anilines is 2. The van der Waals surface area contributed by atoms with Gasteiger partial charge in [0.1, 0.15) is 0 Å². The smallest absolute Gasteiger partial charge is 0.0766 e. The molecule has 0 aromatic heterocycles. The summed E-state index contributed by atoms with van der Waals surface area (Å²) < 4.78 is 6.05. The first-order chi connectivity index (χ1) is 10.3. The number of rotatable bonds is 6. The SMILES string of the molecule is Nc1ccc(N2CCC(OCCCN3CCCC3)C2)cc1. The molecule has 0 spiro atoms. The summed E-state index contributed by atoms with van der Waals surface area (Å²) in [6.45, 7) is 6.77. The molecule has 3 rings (SSSR count). The number of nitrogens with zero attached hydrogens (tertiary/aromatic N) is 2. The van der Waals surface area contributed by atoms with Gasteiger partial charge >= 0.3 is 0 Å². The molecule has 2 fully saturated rings. The first-order valence-corrected chi connectivity index (χ1v) is 8.26. The van der Waals surface area contributed by atoms with E-state index in [1.54, 1.807) is 0 Å². The van der Waals surface area contributed by atoms with Gasteiger partial charge in [0.05, 0.1) is 6.10 Å². The van der Waals surface area contributed by atoms with Crippen molar-refractivity contribution in [1.29, 1.82) is 0 Å². The normalized spacial score (nSPS) is 23.0. The number of hydrogen-bond donors (Lipinski definition) is 1. The summed E-state index contributed by atoms with van der Waals surface area (Å²) in [5.74, 6) is 0. The van der Waals surface area contributed by atoms with Gasteiger partial charge in [0, 0.05) is 37.6 Å². The molecule has 116 valence electrons. The zero-order valence-corrected chi connectivity index (χ0v) is 12.8. The molecule has 0 amide bonds. The molecular weight excluding hydrogens is 262 g/mol. The summed E-state index contributed by atoms with van der Waals surface area (Å²) in [7, 11) is 0. The molecule has 2 N–H and O–H groups in total. The number of nitrogens with two attached hydrogens (primary N) is 1. The summed E-state index contributed by atoms with van der Waals surface area (Å²) >= 11 is 0. The molecule has 2 aliphatic rings. The van der Waals surface area contributed by atoms with E-state index >= 15 is 0 Å². The number of nitrogen functional groups attached to an aromatic ring is 1. The second kappa shape index (κ2) is 7.14. The van der Waals surface area contributed by atoms with Crippen molar-refractivity contribution >= 4 is 11.4 Å². The minimum atomic E-state index is 0.390. The lowest BCUT2D eigenvalue weighted by Gasteiger charge is -2.19. The Morgan fingerprint density at radius 2 is 1.86 bits per heavy atom. The lowest BCUT2D eigenvalue weighted by molar-refractivity contribution is 0.0621. The topological polar surface area (TPSA) is 41.7 Å². The Bertz CT molecular complexity index is 428. The number of likely N-dealkylation sites (tertiary alicyclic amines) is 1. The zero-order valence-electron chi connectivity index (χ0n) is 12.8. The van der Waals surface area contributed by atoms with Crippen LogP contribution >= 0.6 is 0 Å². The average Bonchev–Trinajstić information content (AvgIpc) is 3.16. The third-order valence-electron chi connectivity index (χ3n) is 4.57. The van der Waals surface area contributed by atoms with E-state index in [4.69, 9.17) is 10.5 Å². The molecule has 21 heavy (non-hydrogen) atoms. The second-order valence-electron chi connectivity index (χ2n) is 6.22. The Morgan fingerprint density at radius 3 is 2.62 bits per heavy atom. The highest BCUT2D eigenvalue weighted by Crippen LogP contribution is 2.22. The standard InChI is InChI=1S/C17H27N3O/c18-15-4-6-16(7-5-15)20-12-8-17(14-20)21-13-3-11-19-9-1-2-10-19/h4-7,17H,1-3,8-14,18H2. The van der Waals surface area contributed by atoms with Crippen LogP contribution in [0.5, 0.6) is 0 Å². The van der Waals surface area contributed by atoms with Crippen LogP contribution in [0.25, 0.3) is 0 Å². The van der Waals surface area contributed by atoms with Crippen LogP contribution < -0.4 is 10.6 Å². The summed E-state index contributed by atoms with van der Waals surface area (Å²) in [6, 6.07) is 8.15. The predicted molar refractivity (Wildman–Crippen MR) is 87.7 cm³/mol. The van der Waals surface area contributed by atoms with E-state index in [1.807, 2.05) is 12.1 Å². The van der Waals surface area contributed by atoms with Crippen molar-refractivity contribution in [3.63, 3.8) is 0 Å². The first-order valence-electron chi connectivity index (χ1n) is 8.26. The van der Waals surface area contributed by atoms with E-state index in [0.717, 1.165) is 31.8 Å². The van der Waals surface area contributed by atoms with E-state index in [2.05, 4.69) is 21.9 Å². The molecule has 0 saturated carbocycles. The van der Waals surface area contributed by atoms with Gasteiger partial charge in [-0.25, -0.2) is 0 Å². The Morgan fingerprint density at radius 1 is 1.10 bits per heavy atom. The fourth-order valence-electron chi connectivity index (χ4n) is 3.33. The van der Waals surface area contributed by atoms with Crippen molar-refractivity contribution in [3.05, 3.63) is 24.3 Å². The van der Waals surface area contributed by atoms with Crippen LogP contribution in [0.2, 0.25) is 0 Å². The lowest BCUT2D eigenvalue weighted by Crippen LogP contribution is -2.25. The van der Waals surface area contributed by atoms with Crippen LogP contribution in [0.3, 0.4) is 0 Å². The first kappa shape index (κ1) is 14.7. The minimum Gasteiger partial charge on any atom is -0.399 e. The molecule has 0 bridgehead atoms. The Hall–Kier alpha value is -1.26. The predicted octanol–water partition coefficient (Wildman–Crippen LogP) is 2.35. The fraction of sp³-hybridized carbons (Fsp3) is 0.647. The molecule has 1 aromatic rings. The van der Waals surface area contributed by atoms with Crippen molar-refractivity contribution < 1.29 is 4.74 Å². The third-order valence-corrected chi connectivity index (χ3v) is 4.57. The van der Waals surface area contributed by atoms with Gasteiger partial charge in [0.2, 0.25) is 0 Å². The van der Waals surface area contributed by atoms with Crippen molar-refractivity contribution in [2.24, 2.45) is 0 Å². The average molecular weight is 289 g/mol. The molecule has 1 atom stereocenters. The maximum absolute atomic E-state index is 6.05. The molecule has 0 aliphatic carbocycles. The highest BCUT2D eigenvalue weighted by Gasteiger charge is 2.23. The van der Waals surface area contributed by atoms with Crippen LogP contribution in [0.1, 0.15) is 25.7 Å². The van der Waals surface area contributed by atoms with Crippen LogP contribution in [0.4, 0.5) is 11.4 Å². The summed E-state index contributed by atoms with van der Waals surface area (Å²) in [6.07, 6.45) is 5.44. The van der Waals surface area contributed by atoms with Crippen LogP contribution in [-0.4, -0.2) is 50.3 Å². The summed E-state index contributed by atoms with van der Waals surface area (Å²) in [5.41, 5.74) is 7.82. The maximum Gasteiger partial charge on any atom is 0.0766 e. The lowest BCUT2D eigenvalue weighted by atomic mass is 10.2. The molecule has 2 aliphatic heterocycles. The van der Waals surface area contributed by atoms with Gasteiger partial charge in [0.25, 0.3) is 0 Å². The van der Waals surface area contributed by atoms with Crippen LogP contribution in [0.15, 0.2) is 24.3 Å². The number of ether oxygens (including phenoxy) is 1. The van der Waals surface area contributed by atoms with Gasteiger partial charge < -0.3 is 20.3 Å². The Kier molecular flexibility index (Phi) is 4.99. The van der Waals surface area contributed by atoms with E-state index in [9.17, 15) is 0 Å². The number of hydrogen-bond acceptors (Lipinski definition) is 4. The van der Waals surface area contributed by atoms with Gasteiger partial charge in [-0.1, -0.05) is 0 Å². The van der Waals surface area contributed by atoms with Gasteiger partial charge in [-0.2, -0.15) is 0 Å². The van der Waals surface area contributed by atoms with E-state index in [1.165, 1.54) is 44.6 Å². The molecule has 2 saturated heterocycles. The summed E-state index contributed by atoms with van der Waals surface area (Å²) in [5, 5.41) is 0. The van der Waals surface area contributed by atoms with Crippen molar-refractivity contribution in [2.45, 2.75) is 31.8 Å². The largest absolute Gasteiger partial charge is 0.399 e. The zero-order chi connectivity index (χ0) is 14.5. The second-order valence-corrected chi connectivity index (χ2v) is 6.22. The molecule has 0 radical (unpaired) electrons. The van der Waals surface area contributed by atoms with E-state index in [0.29, 0.717) is 6.10 Å².